The van der Waals surface area contributed by atoms with Crippen molar-refractivity contribution in [2.75, 3.05) is 21.3 Å². The highest BCUT2D eigenvalue weighted by molar-refractivity contribution is 5.95. The minimum Gasteiger partial charge on any atom is -0.497 e. The maximum atomic E-state index is 13.6. The second-order valence-corrected chi connectivity index (χ2v) is 8.30. The Labute approximate surface area is 203 Å². The summed E-state index contributed by atoms with van der Waals surface area (Å²) in [6.45, 7) is 2.66. The van der Waals surface area contributed by atoms with Crippen molar-refractivity contribution in [3.05, 3.63) is 95.6 Å². The number of benzene rings is 2. The van der Waals surface area contributed by atoms with Crippen LogP contribution < -0.4 is 9.47 Å². The molecule has 2 heterocycles. The predicted molar refractivity (Wildman–Crippen MR) is 131 cm³/mol. The highest BCUT2D eigenvalue weighted by Crippen LogP contribution is 2.27. The second-order valence-electron chi connectivity index (χ2n) is 8.30. The lowest BCUT2D eigenvalue weighted by molar-refractivity contribution is 0.0784. The molecule has 0 saturated heterocycles. The Kier molecular flexibility index (Phi) is 7.10. The number of amides is 1. The molecule has 0 unspecified atom stereocenters. The van der Waals surface area contributed by atoms with Gasteiger partial charge in [-0.05, 0) is 66.1 Å². The van der Waals surface area contributed by atoms with E-state index in [1.54, 1.807) is 57.7 Å². The Morgan fingerprint density at radius 3 is 2.40 bits per heavy atom. The first kappa shape index (κ1) is 23.9. The van der Waals surface area contributed by atoms with Crippen LogP contribution in [0.5, 0.6) is 11.5 Å². The molecule has 4 aromatic rings. The lowest BCUT2D eigenvalue weighted by atomic mass is 9.98. The molecule has 8 heteroatoms. The maximum Gasteiger partial charge on any atom is 0.253 e. The fourth-order valence-corrected chi connectivity index (χ4v) is 4.01. The number of hydrogen-bond donors (Lipinski definition) is 0. The number of rotatable bonds is 8. The summed E-state index contributed by atoms with van der Waals surface area (Å²) in [6, 6.07) is 14.2. The quantitative estimate of drug-likeness (QED) is 0.345. The molecule has 0 atom stereocenters. The average molecular weight is 475 g/mol. The third-order valence-electron chi connectivity index (χ3n) is 5.70. The molecule has 0 aliphatic carbocycles. The maximum absolute atomic E-state index is 13.6. The van der Waals surface area contributed by atoms with Crippen molar-refractivity contribution in [1.29, 1.82) is 0 Å². The Hall–Kier alpha value is -4.20. The topological polar surface area (TPSA) is 69.5 Å². The van der Waals surface area contributed by atoms with Crippen molar-refractivity contribution < 1.29 is 18.7 Å². The number of hydrogen-bond acceptors (Lipinski definition) is 5. The number of methoxy groups -OCH3 is 2. The van der Waals surface area contributed by atoms with Crippen molar-refractivity contribution >= 4 is 5.91 Å². The van der Waals surface area contributed by atoms with Gasteiger partial charge in [0.15, 0.2) is 0 Å². The molecule has 0 aliphatic rings. The lowest BCUT2D eigenvalue weighted by Crippen LogP contribution is -2.26. The van der Waals surface area contributed by atoms with Crippen LogP contribution in [0.4, 0.5) is 4.39 Å². The van der Waals surface area contributed by atoms with Gasteiger partial charge in [-0.2, -0.15) is 4.39 Å². The molecule has 0 bridgehead atoms. The summed E-state index contributed by atoms with van der Waals surface area (Å²) in [6.07, 6.45) is 5.29. The third-order valence-corrected chi connectivity index (χ3v) is 5.70. The van der Waals surface area contributed by atoms with E-state index in [0.29, 0.717) is 35.8 Å². The summed E-state index contributed by atoms with van der Waals surface area (Å²) in [4.78, 5) is 23.2. The van der Waals surface area contributed by atoms with Gasteiger partial charge in [0.1, 0.15) is 11.5 Å². The zero-order chi connectivity index (χ0) is 24.9. The average Bonchev–Trinajstić information content (AvgIpc) is 3.36. The van der Waals surface area contributed by atoms with Crippen molar-refractivity contribution in [3.8, 4) is 22.6 Å². The Morgan fingerprint density at radius 2 is 1.77 bits per heavy atom. The molecule has 1 amide bonds. The van der Waals surface area contributed by atoms with Gasteiger partial charge in [0.25, 0.3) is 5.91 Å². The van der Waals surface area contributed by atoms with Gasteiger partial charge >= 0.3 is 0 Å². The number of carbonyl (C=O) groups excluding carboxylic acids is 1. The standard InChI is InChI=1S/C27H27FN4O3/c1-18-25(5-6-26(28)30-18)21-9-19(16-32-8-7-29-17-32)10-22(13-21)27(33)31(2)15-20-11-23(34-3)14-24(12-20)35-4/h5-14,17H,15-16H2,1-4H3. The molecule has 2 aromatic heterocycles. The van der Waals surface area contributed by atoms with Crippen molar-refractivity contribution in [2.24, 2.45) is 0 Å². The minimum atomic E-state index is -0.537. The Bertz CT molecular complexity index is 1320. The molecule has 0 aliphatic heterocycles. The first-order valence-electron chi connectivity index (χ1n) is 11.1. The predicted octanol–water partition coefficient (Wildman–Crippen LogP) is 4.73. The fourth-order valence-electron chi connectivity index (χ4n) is 4.01. The molecule has 0 spiro atoms. The van der Waals surface area contributed by atoms with Crippen molar-refractivity contribution in [3.63, 3.8) is 0 Å². The largest absolute Gasteiger partial charge is 0.497 e. The van der Waals surface area contributed by atoms with Crippen molar-refractivity contribution in [1.82, 2.24) is 19.4 Å². The molecule has 180 valence electrons. The zero-order valence-corrected chi connectivity index (χ0v) is 20.2. The van der Waals surface area contributed by atoms with Gasteiger partial charge in [-0.3, -0.25) is 4.79 Å². The SMILES string of the molecule is COc1cc(CN(C)C(=O)c2cc(Cn3ccnc3)cc(-c3ccc(F)nc3C)c2)cc(OC)c1. The van der Waals surface area contributed by atoms with E-state index < -0.39 is 5.95 Å². The molecular weight excluding hydrogens is 447 g/mol. The lowest BCUT2D eigenvalue weighted by Gasteiger charge is -2.20. The number of halogens is 1. The number of aromatic nitrogens is 3. The van der Waals surface area contributed by atoms with Gasteiger partial charge < -0.3 is 18.9 Å². The first-order valence-corrected chi connectivity index (χ1v) is 11.1. The van der Waals surface area contributed by atoms with E-state index in [-0.39, 0.29) is 5.91 Å². The van der Waals surface area contributed by atoms with E-state index in [2.05, 4.69) is 9.97 Å². The molecule has 0 radical (unpaired) electrons. The van der Waals surface area contributed by atoms with Crippen molar-refractivity contribution in [2.45, 2.75) is 20.0 Å². The van der Waals surface area contributed by atoms with E-state index in [1.165, 1.54) is 6.07 Å². The molecule has 0 fully saturated rings. The summed E-state index contributed by atoms with van der Waals surface area (Å²) < 4.78 is 26.2. The number of pyridine rings is 1. The molecule has 4 rings (SSSR count). The Balaban J connectivity index is 1.68. The van der Waals surface area contributed by atoms with Crippen LogP contribution in [0, 0.1) is 12.9 Å². The smallest absolute Gasteiger partial charge is 0.253 e. The van der Waals surface area contributed by atoms with Crippen LogP contribution in [0.15, 0.2) is 67.3 Å². The number of aryl methyl sites for hydroxylation is 1. The van der Waals surface area contributed by atoms with E-state index in [4.69, 9.17) is 9.47 Å². The van der Waals surface area contributed by atoms with Gasteiger partial charge in [0.2, 0.25) is 5.95 Å². The second kappa shape index (κ2) is 10.4. The monoisotopic (exact) mass is 474 g/mol. The molecule has 7 nitrogen and oxygen atoms in total. The third kappa shape index (κ3) is 5.66. The number of imidazole rings is 1. The Morgan fingerprint density at radius 1 is 1.03 bits per heavy atom. The van der Waals surface area contributed by atoms with E-state index in [9.17, 15) is 9.18 Å². The van der Waals surface area contributed by atoms with Crippen LogP contribution in [0.2, 0.25) is 0 Å². The summed E-state index contributed by atoms with van der Waals surface area (Å²) in [5, 5.41) is 0. The number of nitrogens with zero attached hydrogens (tertiary/aromatic N) is 4. The summed E-state index contributed by atoms with van der Waals surface area (Å²) >= 11 is 0. The van der Waals surface area contributed by atoms with Crippen LogP contribution in [0.1, 0.15) is 27.2 Å². The van der Waals surface area contributed by atoms with Gasteiger partial charge in [0, 0.05) is 55.4 Å². The van der Waals surface area contributed by atoms with Gasteiger partial charge in [-0.15, -0.1) is 0 Å². The summed E-state index contributed by atoms with van der Waals surface area (Å²) in [5.41, 5.74) is 4.45. The van der Waals surface area contributed by atoms with Gasteiger partial charge in [-0.25, -0.2) is 9.97 Å². The van der Waals surface area contributed by atoms with E-state index in [0.717, 1.165) is 22.3 Å². The van der Waals surface area contributed by atoms with E-state index in [1.807, 2.05) is 41.1 Å². The summed E-state index contributed by atoms with van der Waals surface area (Å²) in [5.74, 6) is 0.631. The van der Waals surface area contributed by atoms with Gasteiger partial charge in [-0.1, -0.05) is 0 Å². The van der Waals surface area contributed by atoms with Crippen LogP contribution in [-0.2, 0) is 13.1 Å². The fraction of sp³-hybridized carbons (Fsp3) is 0.222. The minimum absolute atomic E-state index is 0.145. The zero-order valence-electron chi connectivity index (χ0n) is 20.2. The molecule has 2 aromatic carbocycles. The van der Waals surface area contributed by atoms with Crippen LogP contribution in [0.3, 0.4) is 0 Å². The van der Waals surface area contributed by atoms with Crippen LogP contribution in [-0.4, -0.2) is 46.6 Å². The molecular formula is C27H27FN4O3. The highest BCUT2D eigenvalue weighted by atomic mass is 19.1. The first-order chi connectivity index (χ1) is 16.9. The molecule has 0 saturated carbocycles. The van der Waals surface area contributed by atoms with Gasteiger partial charge in [0.05, 0.1) is 20.5 Å². The molecule has 35 heavy (non-hydrogen) atoms. The number of ether oxygens (including phenoxy) is 2. The highest BCUT2D eigenvalue weighted by Gasteiger charge is 2.17. The van der Waals surface area contributed by atoms with E-state index >= 15 is 0 Å². The number of carbonyl (C=O) groups is 1. The van der Waals surface area contributed by atoms with Crippen LogP contribution >= 0.6 is 0 Å². The van der Waals surface area contributed by atoms with Crippen LogP contribution in [0.25, 0.3) is 11.1 Å². The summed E-state index contributed by atoms with van der Waals surface area (Å²) in [7, 11) is 4.93. The normalized spacial score (nSPS) is 10.8. The molecule has 0 N–H and O–H groups in total.